The van der Waals surface area contributed by atoms with E-state index in [0.29, 0.717) is 12.2 Å². The molecule has 0 aromatic heterocycles. The van der Waals surface area contributed by atoms with Crippen molar-refractivity contribution in [1.29, 1.82) is 0 Å². The minimum absolute atomic E-state index is 0.0970. The van der Waals surface area contributed by atoms with Crippen LogP contribution >= 0.6 is 0 Å². The summed E-state index contributed by atoms with van der Waals surface area (Å²) in [5.74, 6) is -0.560. The van der Waals surface area contributed by atoms with Crippen LogP contribution in [0.25, 0.3) is 0 Å². The highest BCUT2D eigenvalue weighted by atomic mass is 19.1. The van der Waals surface area contributed by atoms with Crippen molar-refractivity contribution < 1.29 is 9.18 Å². The van der Waals surface area contributed by atoms with Gasteiger partial charge in [0.05, 0.1) is 5.69 Å². The second-order valence-electron chi connectivity index (χ2n) is 4.03. The summed E-state index contributed by atoms with van der Waals surface area (Å²) in [5, 5.41) is 5.07. The van der Waals surface area contributed by atoms with E-state index in [9.17, 15) is 9.18 Å². The number of rotatable bonds is 3. The van der Waals surface area contributed by atoms with E-state index in [-0.39, 0.29) is 5.69 Å². The first-order valence-corrected chi connectivity index (χ1v) is 5.79. The Hall–Kier alpha value is -2.56. The van der Waals surface area contributed by atoms with E-state index in [1.54, 1.807) is 0 Å². The van der Waals surface area contributed by atoms with Gasteiger partial charge in [-0.1, -0.05) is 30.3 Å². The molecule has 0 aliphatic carbocycles. The Morgan fingerprint density at radius 2 is 1.89 bits per heavy atom. The normalized spacial score (nSPS) is 9.95. The van der Waals surface area contributed by atoms with Gasteiger partial charge in [-0.05, 0) is 23.8 Å². The Balaban J connectivity index is 1.91. The third-order valence-electron chi connectivity index (χ3n) is 2.54. The van der Waals surface area contributed by atoms with Crippen molar-refractivity contribution in [3.63, 3.8) is 0 Å². The number of urea groups is 1. The van der Waals surface area contributed by atoms with E-state index in [4.69, 9.17) is 5.73 Å². The molecule has 0 aliphatic rings. The molecule has 98 valence electrons. The molecule has 0 atom stereocenters. The molecule has 0 heterocycles. The average Bonchev–Trinajstić information content (AvgIpc) is 2.41. The molecule has 4 N–H and O–H groups in total. The van der Waals surface area contributed by atoms with Crippen LogP contribution in [0.4, 0.5) is 20.6 Å². The number of carbonyl (C=O) groups is 1. The summed E-state index contributed by atoms with van der Waals surface area (Å²) in [6, 6.07) is 13.1. The fourth-order valence-electron chi connectivity index (χ4n) is 1.58. The molecule has 0 saturated carbocycles. The maximum absolute atomic E-state index is 13.5. The lowest BCUT2D eigenvalue weighted by atomic mass is 10.2. The van der Waals surface area contributed by atoms with Crippen molar-refractivity contribution in [3.8, 4) is 0 Å². The molecule has 0 saturated heterocycles. The summed E-state index contributed by atoms with van der Waals surface area (Å²) in [7, 11) is 0. The van der Waals surface area contributed by atoms with E-state index in [1.165, 1.54) is 12.1 Å². The number of amides is 2. The fraction of sp³-hybridized carbons (Fsp3) is 0.0714. The predicted octanol–water partition coefficient (Wildman–Crippen LogP) is 2.73. The van der Waals surface area contributed by atoms with Crippen molar-refractivity contribution >= 4 is 17.4 Å². The molecule has 5 heteroatoms. The van der Waals surface area contributed by atoms with Crippen molar-refractivity contribution in [2.75, 3.05) is 11.1 Å². The molecule has 2 amide bonds. The molecule has 0 bridgehead atoms. The number of nitrogens with one attached hydrogen (secondary N) is 2. The number of halogens is 1. The van der Waals surface area contributed by atoms with Crippen molar-refractivity contribution in [2.45, 2.75) is 6.54 Å². The molecule has 2 aromatic rings. The number of carbonyl (C=O) groups excluding carboxylic acids is 1. The molecule has 2 aromatic carbocycles. The zero-order valence-electron chi connectivity index (χ0n) is 10.2. The lowest BCUT2D eigenvalue weighted by Crippen LogP contribution is -2.28. The van der Waals surface area contributed by atoms with Crippen LogP contribution in [0.1, 0.15) is 5.56 Å². The first-order valence-electron chi connectivity index (χ1n) is 5.79. The zero-order valence-corrected chi connectivity index (χ0v) is 10.2. The van der Waals surface area contributed by atoms with Gasteiger partial charge in [0.15, 0.2) is 0 Å². The van der Waals surface area contributed by atoms with Gasteiger partial charge in [-0.25, -0.2) is 9.18 Å². The SMILES string of the molecule is Nc1ccc(NC(=O)NCc2ccccc2)c(F)c1. The standard InChI is InChI=1S/C14H14FN3O/c15-12-8-11(16)6-7-13(12)18-14(19)17-9-10-4-2-1-3-5-10/h1-8H,9,16H2,(H2,17,18,19). The zero-order chi connectivity index (χ0) is 13.7. The van der Waals surface area contributed by atoms with Crippen molar-refractivity contribution in [3.05, 3.63) is 59.9 Å². The molecular weight excluding hydrogens is 245 g/mol. The molecule has 0 spiro atoms. The third-order valence-corrected chi connectivity index (χ3v) is 2.54. The summed E-state index contributed by atoms with van der Waals surface area (Å²) in [4.78, 5) is 11.6. The molecule has 0 unspecified atom stereocenters. The molecular formula is C14H14FN3O. The Kier molecular flexibility index (Phi) is 3.97. The van der Waals surface area contributed by atoms with Gasteiger partial charge in [0, 0.05) is 12.2 Å². The van der Waals surface area contributed by atoms with E-state index in [1.807, 2.05) is 30.3 Å². The van der Waals surface area contributed by atoms with Gasteiger partial charge in [-0.15, -0.1) is 0 Å². The van der Waals surface area contributed by atoms with Crippen LogP contribution < -0.4 is 16.4 Å². The van der Waals surface area contributed by atoms with Gasteiger partial charge in [0.2, 0.25) is 0 Å². The predicted molar refractivity (Wildman–Crippen MR) is 73.1 cm³/mol. The summed E-state index contributed by atoms with van der Waals surface area (Å²) < 4.78 is 13.5. The summed E-state index contributed by atoms with van der Waals surface area (Å²) >= 11 is 0. The van der Waals surface area contributed by atoms with Crippen LogP contribution in [-0.2, 0) is 6.54 Å². The first kappa shape index (κ1) is 12.9. The minimum atomic E-state index is -0.560. The van der Waals surface area contributed by atoms with Gasteiger partial charge in [0.25, 0.3) is 0 Å². The van der Waals surface area contributed by atoms with Gasteiger partial charge in [-0.3, -0.25) is 0 Å². The molecule has 0 radical (unpaired) electrons. The first-order chi connectivity index (χ1) is 9.15. The van der Waals surface area contributed by atoms with E-state index in [0.717, 1.165) is 11.6 Å². The van der Waals surface area contributed by atoms with E-state index < -0.39 is 11.8 Å². The van der Waals surface area contributed by atoms with Crippen LogP contribution in [0.2, 0.25) is 0 Å². The second-order valence-corrected chi connectivity index (χ2v) is 4.03. The fourth-order valence-corrected chi connectivity index (χ4v) is 1.58. The highest BCUT2D eigenvalue weighted by Gasteiger charge is 2.06. The quantitative estimate of drug-likeness (QED) is 0.742. The summed E-state index contributed by atoms with van der Waals surface area (Å²) in [6.45, 7) is 0.378. The van der Waals surface area contributed by atoms with E-state index >= 15 is 0 Å². The Morgan fingerprint density at radius 3 is 2.58 bits per heavy atom. The number of hydrogen-bond acceptors (Lipinski definition) is 2. The third kappa shape index (κ3) is 3.70. The smallest absolute Gasteiger partial charge is 0.319 e. The van der Waals surface area contributed by atoms with Crippen molar-refractivity contribution in [2.24, 2.45) is 0 Å². The Morgan fingerprint density at radius 1 is 1.16 bits per heavy atom. The molecule has 19 heavy (non-hydrogen) atoms. The van der Waals surface area contributed by atoms with Crippen LogP contribution in [-0.4, -0.2) is 6.03 Å². The number of nitrogens with two attached hydrogens (primary N) is 1. The molecule has 0 aliphatic heterocycles. The number of benzene rings is 2. The van der Waals surface area contributed by atoms with E-state index in [2.05, 4.69) is 10.6 Å². The van der Waals surface area contributed by atoms with Crippen LogP contribution in [0.15, 0.2) is 48.5 Å². The van der Waals surface area contributed by atoms with Crippen molar-refractivity contribution in [1.82, 2.24) is 5.32 Å². The Labute approximate surface area is 110 Å². The highest BCUT2D eigenvalue weighted by molar-refractivity contribution is 5.89. The maximum atomic E-state index is 13.5. The molecule has 4 nitrogen and oxygen atoms in total. The number of nitrogen functional groups attached to an aromatic ring is 1. The van der Waals surface area contributed by atoms with Gasteiger partial charge in [0.1, 0.15) is 5.82 Å². The van der Waals surface area contributed by atoms with Gasteiger partial charge in [-0.2, -0.15) is 0 Å². The largest absolute Gasteiger partial charge is 0.399 e. The summed E-state index contributed by atoms with van der Waals surface area (Å²) in [6.07, 6.45) is 0. The summed E-state index contributed by atoms with van der Waals surface area (Å²) in [5.41, 5.74) is 6.80. The second kappa shape index (κ2) is 5.86. The number of hydrogen-bond donors (Lipinski definition) is 3. The monoisotopic (exact) mass is 259 g/mol. The maximum Gasteiger partial charge on any atom is 0.319 e. The average molecular weight is 259 g/mol. The van der Waals surface area contributed by atoms with Crippen LogP contribution in [0.3, 0.4) is 0 Å². The van der Waals surface area contributed by atoms with Gasteiger partial charge < -0.3 is 16.4 Å². The highest BCUT2D eigenvalue weighted by Crippen LogP contribution is 2.16. The van der Waals surface area contributed by atoms with Crippen LogP contribution in [0.5, 0.6) is 0 Å². The topological polar surface area (TPSA) is 67.1 Å². The number of anilines is 2. The molecule has 2 rings (SSSR count). The minimum Gasteiger partial charge on any atom is -0.399 e. The van der Waals surface area contributed by atoms with Gasteiger partial charge >= 0.3 is 6.03 Å². The Bertz CT molecular complexity index is 572. The lowest BCUT2D eigenvalue weighted by molar-refractivity contribution is 0.251. The lowest BCUT2D eigenvalue weighted by Gasteiger charge is -2.08. The molecule has 0 fully saturated rings. The van der Waals surface area contributed by atoms with Crippen LogP contribution in [0, 0.1) is 5.82 Å².